The standard InChI is InChI=1S/C12H12BrClN2/c1-7-5-10(13)8(2)16(7)9-3-4-11(14)12(15)6-9/h3-6H,15H2,1-2H3. The lowest BCUT2D eigenvalue weighted by atomic mass is 10.2. The highest BCUT2D eigenvalue weighted by Crippen LogP contribution is 2.27. The Labute approximate surface area is 108 Å². The lowest BCUT2D eigenvalue weighted by Crippen LogP contribution is -2.00. The smallest absolute Gasteiger partial charge is 0.0636 e. The van der Waals surface area contributed by atoms with Crippen molar-refractivity contribution in [3.63, 3.8) is 0 Å². The minimum Gasteiger partial charge on any atom is -0.397 e. The summed E-state index contributed by atoms with van der Waals surface area (Å²) in [6.45, 7) is 4.12. The van der Waals surface area contributed by atoms with Crippen molar-refractivity contribution < 1.29 is 0 Å². The molecule has 0 aliphatic heterocycles. The molecule has 2 aromatic rings. The van der Waals surface area contributed by atoms with Gasteiger partial charge >= 0.3 is 0 Å². The lowest BCUT2D eigenvalue weighted by molar-refractivity contribution is 0.964. The van der Waals surface area contributed by atoms with E-state index in [4.69, 9.17) is 17.3 Å². The average molecular weight is 300 g/mol. The quantitative estimate of drug-likeness (QED) is 0.790. The SMILES string of the molecule is Cc1cc(Br)c(C)n1-c1ccc(Cl)c(N)c1. The summed E-state index contributed by atoms with van der Waals surface area (Å²) in [6, 6.07) is 7.75. The number of aromatic nitrogens is 1. The van der Waals surface area contributed by atoms with Gasteiger partial charge in [-0.15, -0.1) is 0 Å². The van der Waals surface area contributed by atoms with Crippen molar-refractivity contribution >= 4 is 33.2 Å². The molecule has 0 fully saturated rings. The predicted molar refractivity (Wildman–Crippen MR) is 72.4 cm³/mol. The van der Waals surface area contributed by atoms with E-state index in [1.165, 1.54) is 0 Å². The van der Waals surface area contributed by atoms with E-state index in [2.05, 4.69) is 40.4 Å². The number of rotatable bonds is 1. The Morgan fingerprint density at radius 3 is 2.44 bits per heavy atom. The van der Waals surface area contributed by atoms with Crippen LogP contribution in [0, 0.1) is 13.8 Å². The summed E-state index contributed by atoms with van der Waals surface area (Å²) in [7, 11) is 0. The molecule has 2 N–H and O–H groups in total. The van der Waals surface area contributed by atoms with Gasteiger partial charge in [0.25, 0.3) is 0 Å². The summed E-state index contributed by atoms with van der Waals surface area (Å²) >= 11 is 9.43. The van der Waals surface area contributed by atoms with Crippen molar-refractivity contribution in [2.24, 2.45) is 0 Å². The maximum absolute atomic E-state index is 5.91. The summed E-state index contributed by atoms with van der Waals surface area (Å²) in [5.74, 6) is 0. The van der Waals surface area contributed by atoms with Gasteiger partial charge in [-0.05, 0) is 54.0 Å². The van der Waals surface area contributed by atoms with Crippen LogP contribution in [-0.4, -0.2) is 4.57 Å². The van der Waals surface area contributed by atoms with E-state index in [1.54, 1.807) is 0 Å². The van der Waals surface area contributed by atoms with E-state index >= 15 is 0 Å². The first kappa shape index (κ1) is 11.6. The number of anilines is 1. The largest absolute Gasteiger partial charge is 0.397 e. The topological polar surface area (TPSA) is 30.9 Å². The third-order valence-corrected chi connectivity index (χ3v) is 3.75. The fourth-order valence-corrected chi connectivity index (χ4v) is 2.42. The molecule has 1 heterocycles. The molecule has 0 aliphatic rings. The van der Waals surface area contributed by atoms with Crippen LogP contribution >= 0.6 is 27.5 Å². The molecule has 0 bridgehead atoms. The summed E-state index contributed by atoms with van der Waals surface area (Å²) in [4.78, 5) is 0. The first-order chi connectivity index (χ1) is 7.50. The van der Waals surface area contributed by atoms with Crippen LogP contribution in [0.1, 0.15) is 11.4 Å². The van der Waals surface area contributed by atoms with Crippen molar-refractivity contribution in [1.82, 2.24) is 4.57 Å². The maximum atomic E-state index is 5.91. The highest BCUT2D eigenvalue weighted by Gasteiger charge is 2.09. The van der Waals surface area contributed by atoms with Crippen molar-refractivity contribution in [2.75, 3.05) is 5.73 Å². The number of hydrogen-bond acceptors (Lipinski definition) is 1. The van der Waals surface area contributed by atoms with Crippen molar-refractivity contribution in [3.8, 4) is 5.69 Å². The van der Waals surface area contributed by atoms with Gasteiger partial charge in [-0.1, -0.05) is 11.6 Å². The molecule has 0 amide bonds. The molecule has 0 radical (unpaired) electrons. The molecule has 2 nitrogen and oxygen atoms in total. The van der Waals surface area contributed by atoms with Crippen molar-refractivity contribution in [3.05, 3.63) is 45.1 Å². The second kappa shape index (κ2) is 4.15. The molecule has 4 heteroatoms. The number of nitrogen functional groups attached to an aromatic ring is 1. The van der Waals surface area contributed by atoms with Gasteiger partial charge < -0.3 is 10.3 Å². The number of hydrogen-bond donors (Lipinski definition) is 1. The monoisotopic (exact) mass is 298 g/mol. The molecule has 84 valence electrons. The molecule has 2 rings (SSSR count). The number of aryl methyl sites for hydroxylation is 1. The van der Waals surface area contributed by atoms with Crippen LogP contribution in [0.4, 0.5) is 5.69 Å². The first-order valence-corrected chi connectivity index (χ1v) is 6.07. The highest BCUT2D eigenvalue weighted by atomic mass is 79.9. The Morgan fingerprint density at radius 1 is 1.25 bits per heavy atom. The number of benzene rings is 1. The molecule has 0 unspecified atom stereocenters. The second-order valence-corrected chi connectivity index (χ2v) is 5.02. The van der Waals surface area contributed by atoms with E-state index in [0.29, 0.717) is 10.7 Å². The van der Waals surface area contributed by atoms with Crippen molar-refractivity contribution in [1.29, 1.82) is 0 Å². The van der Waals surface area contributed by atoms with Crippen molar-refractivity contribution in [2.45, 2.75) is 13.8 Å². The summed E-state index contributed by atoms with van der Waals surface area (Å²) in [5.41, 5.74) is 9.75. The molecule has 1 aromatic carbocycles. The summed E-state index contributed by atoms with van der Waals surface area (Å²) in [6.07, 6.45) is 0. The normalized spacial score (nSPS) is 10.8. The van der Waals surface area contributed by atoms with Crippen LogP contribution < -0.4 is 5.73 Å². The summed E-state index contributed by atoms with van der Waals surface area (Å²) in [5, 5.41) is 0.588. The van der Waals surface area contributed by atoms with Crippen LogP contribution in [0.5, 0.6) is 0 Å². The third kappa shape index (κ3) is 1.85. The van der Waals surface area contributed by atoms with Crippen LogP contribution in [0.2, 0.25) is 5.02 Å². The van der Waals surface area contributed by atoms with Crippen LogP contribution in [0.3, 0.4) is 0 Å². The Hall–Kier alpha value is -0.930. The van der Waals surface area contributed by atoms with Gasteiger partial charge in [0.1, 0.15) is 0 Å². The van der Waals surface area contributed by atoms with Gasteiger partial charge in [0, 0.05) is 21.5 Å². The van der Waals surface area contributed by atoms with Gasteiger partial charge in [0.2, 0.25) is 0 Å². The summed E-state index contributed by atoms with van der Waals surface area (Å²) < 4.78 is 3.23. The van der Waals surface area contributed by atoms with E-state index in [0.717, 1.165) is 21.5 Å². The lowest BCUT2D eigenvalue weighted by Gasteiger charge is -2.10. The zero-order chi connectivity index (χ0) is 11.9. The van der Waals surface area contributed by atoms with E-state index in [9.17, 15) is 0 Å². The molecular formula is C12H12BrClN2. The number of halogens is 2. The van der Waals surface area contributed by atoms with E-state index < -0.39 is 0 Å². The fraction of sp³-hybridized carbons (Fsp3) is 0.167. The molecule has 0 atom stereocenters. The van der Waals surface area contributed by atoms with Gasteiger partial charge in [-0.25, -0.2) is 0 Å². The molecule has 0 saturated heterocycles. The third-order valence-electron chi connectivity index (χ3n) is 2.61. The van der Waals surface area contributed by atoms with Crippen LogP contribution in [0.15, 0.2) is 28.7 Å². The molecule has 0 aliphatic carbocycles. The maximum Gasteiger partial charge on any atom is 0.0636 e. The minimum atomic E-state index is 0.588. The van der Waals surface area contributed by atoms with Gasteiger partial charge in [0.05, 0.1) is 10.7 Å². The molecule has 0 saturated carbocycles. The average Bonchev–Trinajstić information content (AvgIpc) is 2.47. The van der Waals surface area contributed by atoms with Crippen LogP contribution in [0.25, 0.3) is 5.69 Å². The van der Waals surface area contributed by atoms with Gasteiger partial charge in [0.15, 0.2) is 0 Å². The Morgan fingerprint density at radius 2 is 1.94 bits per heavy atom. The minimum absolute atomic E-state index is 0.588. The zero-order valence-corrected chi connectivity index (χ0v) is 11.4. The van der Waals surface area contributed by atoms with Crippen LogP contribution in [-0.2, 0) is 0 Å². The Balaban J connectivity index is 2.63. The van der Waals surface area contributed by atoms with E-state index in [1.807, 2.05) is 18.2 Å². The molecule has 16 heavy (non-hydrogen) atoms. The Bertz CT molecular complexity index is 546. The highest BCUT2D eigenvalue weighted by molar-refractivity contribution is 9.10. The number of nitrogens with two attached hydrogens (primary N) is 1. The number of nitrogens with zero attached hydrogens (tertiary/aromatic N) is 1. The first-order valence-electron chi connectivity index (χ1n) is 4.90. The predicted octanol–water partition coefficient (Wildman–Crippen LogP) is 4.09. The molecule has 1 aromatic heterocycles. The fourth-order valence-electron chi connectivity index (χ4n) is 1.79. The zero-order valence-electron chi connectivity index (χ0n) is 9.09. The van der Waals surface area contributed by atoms with Gasteiger partial charge in [-0.2, -0.15) is 0 Å². The van der Waals surface area contributed by atoms with Gasteiger partial charge in [-0.3, -0.25) is 0 Å². The molecule has 0 spiro atoms. The Kier molecular flexibility index (Phi) is 3.00. The molecular weight excluding hydrogens is 288 g/mol. The van der Waals surface area contributed by atoms with E-state index in [-0.39, 0.29) is 0 Å². The second-order valence-electron chi connectivity index (χ2n) is 3.76.